The van der Waals surface area contributed by atoms with Gasteiger partial charge in [0.05, 0.1) is 10.9 Å². The number of rotatable bonds is 2. The predicted octanol–water partition coefficient (Wildman–Crippen LogP) is 0.431. The highest BCUT2D eigenvalue weighted by atomic mass is 16.2. The van der Waals surface area contributed by atoms with Crippen LogP contribution in [0.3, 0.4) is 0 Å². The van der Waals surface area contributed by atoms with Crippen LogP contribution in [-0.4, -0.2) is 30.6 Å². The summed E-state index contributed by atoms with van der Waals surface area (Å²) in [6, 6.07) is 6.76. The lowest BCUT2D eigenvalue weighted by Gasteiger charge is -2.09. The van der Waals surface area contributed by atoms with Gasteiger partial charge in [0.15, 0.2) is 0 Å². The number of hydrogen-bond acceptors (Lipinski definition) is 5. The Bertz CT molecular complexity index is 1200. The van der Waals surface area contributed by atoms with Gasteiger partial charge in [-0.1, -0.05) is 6.07 Å². The molecule has 0 aliphatic heterocycles. The third-order valence-corrected chi connectivity index (χ3v) is 3.99. The third kappa shape index (κ3) is 2.90. The number of fused-ring (bicyclic) bond motifs is 1. The summed E-state index contributed by atoms with van der Waals surface area (Å²) in [6.45, 7) is 3.84. The van der Waals surface area contributed by atoms with Crippen molar-refractivity contribution >= 4 is 16.9 Å². The monoisotopic (exact) mass is 353 g/mol. The summed E-state index contributed by atoms with van der Waals surface area (Å²) >= 11 is 0. The number of carbonyl (C=O) groups excluding carboxylic acids is 1. The molecule has 0 aliphatic rings. The molecule has 3 rings (SSSR count). The second kappa shape index (κ2) is 6.55. The zero-order valence-corrected chi connectivity index (χ0v) is 15.0. The van der Waals surface area contributed by atoms with Gasteiger partial charge in [0.1, 0.15) is 11.1 Å². The van der Waals surface area contributed by atoms with Crippen molar-refractivity contribution in [2.75, 3.05) is 0 Å². The number of aryl methyl sites for hydroxylation is 1. The molecule has 0 fully saturated rings. The lowest BCUT2D eigenvalue weighted by Crippen LogP contribution is -2.37. The molecule has 26 heavy (non-hydrogen) atoms. The number of hydrogen-bond donors (Lipinski definition) is 0. The quantitative estimate of drug-likeness (QED) is 0.668. The van der Waals surface area contributed by atoms with Crippen LogP contribution in [0, 0.1) is 0 Å². The molecule has 0 unspecified atom stereocenters. The van der Waals surface area contributed by atoms with Gasteiger partial charge in [0.25, 0.3) is 11.5 Å². The van der Waals surface area contributed by atoms with Gasteiger partial charge in [-0.15, -0.1) is 0 Å². The molecule has 8 heteroatoms. The lowest BCUT2D eigenvalue weighted by atomic mass is 10.2. The minimum absolute atomic E-state index is 0.0213. The van der Waals surface area contributed by atoms with E-state index in [4.69, 9.17) is 0 Å². The van der Waals surface area contributed by atoms with Gasteiger partial charge in [0, 0.05) is 32.5 Å². The summed E-state index contributed by atoms with van der Waals surface area (Å²) in [5, 5.41) is 0.208. The van der Waals surface area contributed by atoms with E-state index in [9.17, 15) is 14.4 Å². The van der Waals surface area contributed by atoms with Crippen LogP contribution in [0.15, 0.2) is 51.2 Å². The van der Waals surface area contributed by atoms with Crippen molar-refractivity contribution in [1.29, 1.82) is 0 Å². The van der Waals surface area contributed by atoms with Crippen molar-refractivity contribution in [2.45, 2.75) is 19.9 Å². The van der Waals surface area contributed by atoms with Crippen LogP contribution in [0.25, 0.3) is 11.0 Å². The highest BCUT2D eigenvalue weighted by Crippen LogP contribution is 2.08. The summed E-state index contributed by atoms with van der Waals surface area (Å²) in [7, 11) is 2.92. The molecule has 3 aromatic rings. The molecule has 0 radical (unpaired) electrons. The van der Waals surface area contributed by atoms with Crippen LogP contribution >= 0.6 is 0 Å². The van der Waals surface area contributed by atoms with Crippen molar-refractivity contribution < 1.29 is 4.79 Å². The first-order valence-electron chi connectivity index (χ1n) is 8.13. The van der Waals surface area contributed by atoms with Gasteiger partial charge < -0.3 is 0 Å². The first-order valence-corrected chi connectivity index (χ1v) is 8.13. The fraction of sp³-hybridized carbons (Fsp3) is 0.278. The standard InChI is InChI=1S/C18H19N5O3/c1-11(2)20-14-7-5-6-8-23(14)16(24)12-9-13-15(19-10-12)21(3)18(26)22(4)17(13)25/h5-11H,1-4H3. The van der Waals surface area contributed by atoms with E-state index in [0.29, 0.717) is 5.49 Å². The molecule has 0 aliphatic carbocycles. The maximum absolute atomic E-state index is 12.9. The average molecular weight is 353 g/mol. The molecule has 0 saturated heterocycles. The van der Waals surface area contributed by atoms with E-state index in [1.807, 2.05) is 13.8 Å². The molecule has 0 saturated carbocycles. The number of pyridine rings is 2. The van der Waals surface area contributed by atoms with Crippen molar-refractivity contribution in [2.24, 2.45) is 19.1 Å². The summed E-state index contributed by atoms with van der Waals surface area (Å²) in [5.74, 6) is -0.352. The summed E-state index contributed by atoms with van der Waals surface area (Å²) in [6.07, 6.45) is 2.98. The summed E-state index contributed by atoms with van der Waals surface area (Å²) in [4.78, 5) is 45.9. The van der Waals surface area contributed by atoms with E-state index in [-0.39, 0.29) is 28.5 Å². The molecular weight excluding hydrogens is 334 g/mol. The van der Waals surface area contributed by atoms with Gasteiger partial charge in [-0.05, 0) is 32.0 Å². The number of carbonyl (C=O) groups is 1. The van der Waals surface area contributed by atoms with E-state index in [0.717, 1.165) is 4.57 Å². The van der Waals surface area contributed by atoms with Crippen LogP contribution < -0.4 is 16.7 Å². The normalized spacial score (nSPS) is 12.1. The Kier molecular flexibility index (Phi) is 4.41. The Morgan fingerprint density at radius 1 is 1.15 bits per heavy atom. The van der Waals surface area contributed by atoms with Crippen LogP contribution in [0.4, 0.5) is 0 Å². The second-order valence-corrected chi connectivity index (χ2v) is 6.26. The topological polar surface area (TPSA) is 91.2 Å². The summed E-state index contributed by atoms with van der Waals surface area (Å²) < 4.78 is 3.68. The van der Waals surface area contributed by atoms with Gasteiger partial charge in [-0.2, -0.15) is 0 Å². The Morgan fingerprint density at radius 2 is 1.88 bits per heavy atom. The Labute approximate surface area is 148 Å². The third-order valence-electron chi connectivity index (χ3n) is 3.99. The Hall–Kier alpha value is -3.29. The molecule has 3 heterocycles. The van der Waals surface area contributed by atoms with Gasteiger partial charge in [-0.3, -0.25) is 28.3 Å². The number of nitrogens with zero attached hydrogens (tertiary/aromatic N) is 5. The molecule has 134 valence electrons. The fourth-order valence-electron chi connectivity index (χ4n) is 2.70. The number of aromatic nitrogens is 4. The summed E-state index contributed by atoms with van der Waals surface area (Å²) in [5.41, 5.74) is 0.0327. The van der Waals surface area contributed by atoms with E-state index >= 15 is 0 Å². The van der Waals surface area contributed by atoms with Gasteiger partial charge in [-0.25, -0.2) is 9.78 Å². The van der Waals surface area contributed by atoms with Crippen LogP contribution in [0.2, 0.25) is 0 Å². The minimum atomic E-state index is -0.490. The molecule has 0 aromatic carbocycles. The highest BCUT2D eigenvalue weighted by Gasteiger charge is 2.15. The maximum Gasteiger partial charge on any atom is 0.332 e. The molecule has 8 nitrogen and oxygen atoms in total. The Balaban J connectivity index is 2.24. The largest absolute Gasteiger partial charge is 0.332 e. The molecule has 0 N–H and O–H groups in total. The van der Waals surface area contributed by atoms with E-state index in [1.54, 1.807) is 24.4 Å². The molecule has 0 amide bonds. The fourth-order valence-corrected chi connectivity index (χ4v) is 2.70. The first kappa shape index (κ1) is 17.5. The van der Waals surface area contributed by atoms with Crippen LogP contribution in [0.1, 0.15) is 24.2 Å². The van der Waals surface area contributed by atoms with E-state index in [1.165, 1.54) is 35.5 Å². The SMILES string of the molecule is CC(C)N=c1ccccn1C(=O)c1cnc2c(c1)c(=O)n(C)c(=O)n2C. The molecule has 0 spiro atoms. The second-order valence-electron chi connectivity index (χ2n) is 6.26. The minimum Gasteiger partial charge on any atom is -0.280 e. The predicted molar refractivity (Wildman–Crippen MR) is 97.1 cm³/mol. The van der Waals surface area contributed by atoms with Crippen molar-refractivity contribution in [3.8, 4) is 0 Å². The Morgan fingerprint density at radius 3 is 2.58 bits per heavy atom. The smallest absolute Gasteiger partial charge is 0.280 e. The zero-order valence-electron chi connectivity index (χ0n) is 15.0. The van der Waals surface area contributed by atoms with Gasteiger partial charge in [0.2, 0.25) is 0 Å². The van der Waals surface area contributed by atoms with Crippen LogP contribution in [0.5, 0.6) is 0 Å². The zero-order chi connectivity index (χ0) is 19.0. The molecular formula is C18H19N5O3. The van der Waals surface area contributed by atoms with Gasteiger partial charge >= 0.3 is 5.69 Å². The molecule has 0 atom stereocenters. The van der Waals surface area contributed by atoms with Crippen LogP contribution in [-0.2, 0) is 14.1 Å². The van der Waals surface area contributed by atoms with Crippen molar-refractivity contribution in [1.82, 2.24) is 18.7 Å². The molecule has 0 bridgehead atoms. The van der Waals surface area contributed by atoms with Crippen molar-refractivity contribution in [3.63, 3.8) is 0 Å². The van der Waals surface area contributed by atoms with E-state index in [2.05, 4.69) is 9.98 Å². The highest BCUT2D eigenvalue weighted by molar-refractivity contribution is 5.98. The molecule has 3 aromatic heterocycles. The van der Waals surface area contributed by atoms with E-state index < -0.39 is 11.2 Å². The lowest BCUT2D eigenvalue weighted by molar-refractivity contribution is 0.0954. The maximum atomic E-state index is 12.9. The van der Waals surface area contributed by atoms with Crippen molar-refractivity contribution in [3.05, 3.63) is 68.5 Å². The average Bonchev–Trinajstić information content (AvgIpc) is 2.63. The first-order chi connectivity index (χ1) is 12.3.